The second-order valence-corrected chi connectivity index (χ2v) is 7.69. The fourth-order valence-corrected chi connectivity index (χ4v) is 4.01. The number of halogens is 1. The summed E-state index contributed by atoms with van der Waals surface area (Å²) in [5.41, 5.74) is 0. The van der Waals surface area contributed by atoms with E-state index in [9.17, 15) is 4.79 Å². The van der Waals surface area contributed by atoms with Crippen LogP contribution in [0.3, 0.4) is 0 Å². The number of hydrogen-bond donors (Lipinski definition) is 2. The number of morpholine rings is 1. The van der Waals surface area contributed by atoms with E-state index in [1.54, 1.807) is 11.3 Å². The molecule has 29 heavy (non-hydrogen) atoms. The van der Waals surface area contributed by atoms with Crippen LogP contribution in [0.25, 0.3) is 0 Å². The topological polar surface area (TPSA) is 75.2 Å². The highest BCUT2D eigenvalue weighted by molar-refractivity contribution is 14.0. The minimum Gasteiger partial charge on any atom is -0.469 e. The van der Waals surface area contributed by atoms with Gasteiger partial charge in [-0.05, 0) is 31.2 Å². The van der Waals surface area contributed by atoms with Crippen LogP contribution in [0, 0.1) is 0 Å². The minimum absolute atomic E-state index is 0. The van der Waals surface area contributed by atoms with Gasteiger partial charge in [-0.2, -0.15) is 0 Å². The molecule has 2 N–H and O–H groups in total. The molecule has 0 spiro atoms. The average Bonchev–Trinajstić information content (AvgIpc) is 3.25. The molecule has 2 heterocycles. The number of carbonyl (C=O) groups is 1. The van der Waals surface area contributed by atoms with Gasteiger partial charge >= 0.3 is 5.97 Å². The Balaban J connectivity index is 0.00000420. The molecule has 0 bridgehead atoms. The molecule has 1 aliphatic heterocycles. The Morgan fingerprint density at radius 1 is 1.31 bits per heavy atom. The van der Waals surface area contributed by atoms with Gasteiger partial charge in [0.25, 0.3) is 0 Å². The van der Waals surface area contributed by atoms with Crippen LogP contribution in [0.2, 0.25) is 0 Å². The first-order chi connectivity index (χ1) is 13.7. The lowest BCUT2D eigenvalue weighted by atomic mass is 10.2. The lowest BCUT2D eigenvalue weighted by Gasteiger charge is -2.33. The number of rotatable bonds is 11. The Hall–Kier alpha value is -0.910. The third kappa shape index (κ3) is 10.1. The molecule has 1 aromatic heterocycles. The van der Waals surface area contributed by atoms with E-state index in [1.165, 1.54) is 12.0 Å². The monoisotopic (exact) mass is 538 g/mol. The molecule has 166 valence electrons. The maximum Gasteiger partial charge on any atom is 0.305 e. The summed E-state index contributed by atoms with van der Waals surface area (Å²) in [7, 11) is 1.43. The minimum atomic E-state index is -0.134. The molecule has 2 rings (SSSR count). The summed E-state index contributed by atoms with van der Waals surface area (Å²) in [6.07, 6.45) is 3.35. The van der Waals surface area contributed by atoms with Gasteiger partial charge in [0.2, 0.25) is 0 Å². The van der Waals surface area contributed by atoms with Gasteiger partial charge in [0.05, 0.1) is 32.9 Å². The number of thiophene rings is 1. The molecule has 0 aliphatic carbocycles. The molecule has 0 amide bonds. The van der Waals surface area contributed by atoms with Crippen LogP contribution in [0.15, 0.2) is 22.5 Å². The predicted molar refractivity (Wildman–Crippen MR) is 129 cm³/mol. The number of aliphatic imine (C=N–C) groups is 1. The highest BCUT2D eigenvalue weighted by Crippen LogP contribution is 2.26. The van der Waals surface area contributed by atoms with Gasteiger partial charge in [-0.1, -0.05) is 12.5 Å². The van der Waals surface area contributed by atoms with Gasteiger partial charge in [-0.3, -0.25) is 14.7 Å². The molecule has 1 aromatic rings. The van der Waals surface area contributed by atoms with Crippen molar-refractivity contribution in [1.82, 2.24) is 15.5 Å². The van der Waals surface area contributed by atoms with Gasteiger partial charge in [0.1, 0.15) is 0 Å². The lowest BCUT2D eigenvalue weighted by Crippen LogP contribution is -2.41. The van der Waals surface area contributed by atoms with Gasteiger partial charge < -0.3 is 20.1 Å². The van der Waals surface area contributed by atoms with Crippen LogP contribution < -0.4 is 10.6 Å². The number of hydrogen-bond acceptors (Lipinski definition) is 6. The Kier molecular flexibility index (Phi) is 14.3. The molecule has 1 unspecified atom stereocenters. The normalized spacial score (nSPS) is 16.0. The maximum atomic E-state index is 11.1. The molecular formula is C20H35IN4O3S. The van der Waals surface area contributed by atoms with E-state index in [0.29, 0.717) is 12.5 Å². The summed E-state index contributed by atoms with van der Waals surface area (Å²) in [5, 5.41) is 8.87. The molecule has 0 aromatic carbocycles. The molecule has 9 heteroatoms. The summed E-state index contributed by atoms with van der Waals surface area (Å²) >= 11 is 1.79. The van der Waals surface area contributed by atoms with E-state index >= 15 is 0 Å². The number of nitrogens with zero attached hydrogens (tertiary/aromatic N) is 2. The molecule has 0 saturated carbocycles. The van der Waals surface area contributed by atoms with Crippen LogP contribution in [0.5, 0.6) is 0 Å². The van der Waals surface area contributed by atoms with E-state index in [1.807, 2.05) is 0 Å². The van der Waals surface area contributed by atoms with Crippen LogP contribution in [0.4, 0.5) is 0 Å². The first-order valence-corrected chi connectivity index (χ1v) is 11.1. The highest BCUT2D eigenvalue weighted by atomic mass is 127. The zero-order chi connectivity index (χ0) is 20.0. The van der Waals surface area contributed by atoms with Crippen molar-refractivity contribution in [1.29, 1.82) is 0 Å². The number of methoxy groups -OCH3 is 1. The van der Waals surface area contributed by atoms with Crippen molar-refractivity contribution >= 4 is 47.2 Å². The Bertz CT molecular complexity index is 580. The summed E-state index contributed by atoms with van der Waals surface area (Å²) in [6, 6.07) is 4.59. The quantitative estimate of drug-likeness (QED) is 0.148. The molecule has 1 atom stereocenters. The van der Waals surface area contributed by atoms with Crippen molar-refractivity contribution in [3.05, 3.63) is 22.4 Å². The van der Waals surface area contributed by atoms with Gasteiger partial charge in [0, 0.05) is 37.5 Å². The molecular weight excluding hydrogens is 503 g/mol. The number of nitrogens with one attached hydrogen (secondary N) is 2. The molecule has 1 fully saturated rings. The summed E-state index contributed by atoms with van der Waals surface area (Å²) < 4.78 is 10.2. The van der Waals surface area contributed by atoms with Gasteiger partial charge in [-0.15, -0.1) is 35.3 Å². The van der Waals surface area contributed by atoms with Crippen LogP contribution in [-0.4, -0.2) is 69.9 Å². The predicted octanol–water partition coefficient (Wildman–Crippen LogP) is 3.03. The highest BCUT2D eigenvalue weighted by Gasteiger charge is 2.23. The van der Waals surface area contributed by atoms with E-state index < -0.39 is 0 Å². The average molecular weight is 538 g/mol. The fourth-order valence-electron chi connectivity index (χ4n) is 3.15. The zero-order valence-corrected chi connectivity index (χ0v) is 20.7. The third-order valence-corrected chi connectivity index (χ3v) is 5.68. The van der Waals surface area contributed by atoms with Crippen LogP contribution >= 0.6 is 35.3 Å². The van der Waals surface area contributed by atoms with Crippen molar-refractivity contribution in [2.45, 2.75) is 38.6 Å². The first-order valence-electron chi connectivity index (χ1n) is 10.2. The lowest BCUT2D eigenvalue weighted by molar-refractivity contribution is -0.140. The molecule has 1 saturated heterocycles. The van der Waals surface area contributed by atoms with E-state index in [4.69, 9.17) is 9.73 Å². The Morgan fingerprint density at radius 2 is 2.10 bits per heavy atom. The summed E-state index contributed by atoms with van der Waals surface area (Å²) in [5.74, 6) is 0.718. The number of esters is 1. The number of guanidine groups is 1. The van der Waals surface area contributed by atoms with E-state index in [2.05, 4.69) is 44.7 Å². The fraction of sp³-hybridized carbons (Fsp3) is 0.700. The second-order valence-electron chi connectivity index (χ2n) is 6.71. The van der Waals surface area contributed by atoms with Crippen molar-refractivity contribution in [3.8, 4) is 0 Å². The van der Waals surface area contributed by atoms with Crippen molar-refractivity contribution in [3.63, 3.8) is 0 Å². The SMILES string of the molecule is CCNC(=NCC(c1cccs1)N1CCOCC1)NCCCCCC(=O)OC.I. The first kappa shape index (κ1) is 26.1. The van der Waals surface area contributed by atoms with Crippen molar-refractivity contribution < 1.29 is 14.3 Å². The smallest absolute Gasteiger partial charge is 0.305 e. The van der Waals surface area contributed by atoms with E-state index in [-0.39, 0.29) is 29.9 Å². The molecule has 7 nitrogen and oxygen atoms in total. The van der Waals surface area contributed by atoms with Crippen molar-refractivity contribution in [2.75, 3.05) is 53.0 Å². The molecule has 0 radical (unpaired) electrons. The van der Waals surface area contributed by atoms with Crippen LogP contribution in [-0.2, 0) is 14.3 Å². The Morgan fingerprint density at radius 3 is 2.76 bits per heavy atom. The van der Waals surface area contributed by atoms with E-state index in [0.717, 1.165) is 71.2 Å². The third-order valence-electron chi connectivity index (χ3n) is 4.70. The standard InChI is InChI=1S/C20H34N4O3S.HI/c1-3-21-20(22-10-6-4-5-9-19(25)26-2)23-16-17(18-8-7-15-28-18)24-11-13-27-14-12-24;/h7-8,15,17H,3-6,9-14,16H2,1-2H3,(H2,21,22,23);1H. The zero-order valence-electron chi connectivity index (χ0n) is 17.5. The van der Waals surface area contributed by atoms with Gasteiger partial charge in [0.15, 0.2) is 5.96 Å². The largest absolute Gasteiger partial charge is 0.469 e. The summed E-state index contributed by atoms with van der Waals surface area (Å²) in [6.45, 7) is 7.93. The second kappa shape index (κ2) is 15.9. The maximum absolute atomic E-state index is 11.1. The Labute approximate surface area is 195 Å². The summed E-state index contributed by atoms with van der Waals surface area (Å²) in [4.78, 5) is 19.8. The number of carbonyl (C=O) groups excluding carboxylic acids is 1. The van der Waals surface area contributed by atoms with Gasteiger partial charge in [-0.25, -0.2) is 0 Å². The van der Waals surface area contributed by atoms with Crippen molar-refractivity contribution in [2.24, 2.45) is 4.99 Å². The number of unbranched alkanes of at least 4 members (excludes halogenated alkanes) is 2. The molecule has 1 aliphatic rings. The van der Waals surface area contributed by atoms with Crippen LogP contribution in [0.1, 0.15) is 43.5 Å². The number of ether oxygens (including phenoxy) is 2.